The number of carboxylic acids is 1. The fraction of sp³-hybridized carbons (Fsp3) is 0.533. The summed E-state index contributed by atoms with van der Waals surface area (Å²) >= 11 is 0. The van der Waals surface area contributed by atoms with Gasteiger partial charge < -0.3 is 15.6 Å². The van der Waals surface area contributed by atoms with Gasteiger partial charge in [-0.15, -0.1) is 0 Å². The molecular weight excluding hydrogens is 261 g/mol. The molecule has 20 heavy (non-hydrogen) atoms. The van der Waals surface area contributed by atoms with E-state index in [1.54, 1.807) is 13.0 Å². The molecular formula is C15H20FNO3. The van der Waals surface area contributed by atoms with Crippen molar-refractivity contribution in [3.8, 4) is 0 Å². The summed E-state index contributed by atoms with van der Waals surface area (Å²) in [5.74, 6) is -2.14. The van der Waals surface area contributed by atoms with Crippen molar-refractivity contribution in [1.82, 2.24) is 0 Å². The average Bonchev–Trinajstić information content (AvgIpc) is 2.84. The maximum absolute atomic E-state index is 14.5. The number of benzene rings is 1. The van der Waals surface area contributed by atoms with Gasteiger partial charge >= 0.3 is 5.97 Å². The van der Waals surface area contributed by atoms with Gasteiger partial charge in [0.05, 0.1) is 18.1 Å². The van der Waals surface area contributed by atoms with Gasteiger partial charge in [0.2, 0.25) is 0 Å². The molecule has 0 saturated carbocycles. The Morgan fingerprint density at radius 2 is 2.30 bits per heavy atom. The van der Waals surface area contributed by atoms with Gasteiger partial charge in [0.25, 0.3) is 0 Å². The van der Waals surface area contributed by atoms with Crippen LogP contribution in [0.25, 0.3) is 0 Å². The Morgan fingerprint density at radius 3 is 2.80 bits per heavy atom. The number of halogens is 1. The minimum Gasteiger partial charge on any atom is -0.481 e. The Kier molecular flexibility index (Phi) is 4.11. The largest absolute Gasteiger partial charge is 0.481 e. The molecule has 3 N–H and O–H groups in total. The van der Waals surface area contributed by atoms with Crippen molar-refractivity contribution in [2.75, 3.05) is 13.2 Å². The van der Waals surface area contributed by atoms with E-state index >= 15 is 0 Å². The molecule has 4 nitrogen and oxygen atoms in total. The maximum atomic E-state index is 14.5. The first-order valence-corrected chi connectivity index (χ1v) is 6.81. The number of hydrogen-bond acceptors (Lipinski definition) is 3. The second-order valence-electron chi connectivity index (χ2n) is 5.41. The lowest BCUT2D eigenvalue weighted by atomic mass is 9.83. The Morgan fingerprint density at radius 1 is 1.60 bits per heavy atom. The van der Waals surface area contributed by atoms with E-state index in [4.69, 9.17) is 15.6 Å². The highest BCUT2D eigenvalue weighted by Gasteiger charge is 2.37. The van der Waals surface area contributed by atoms with E-state index in [9.17, 15) is 9.18 Å². The molecule has 1 aliphatic rings. The van der Waals surface area contributed by atoms with Gasteiger partial charge in [0, 0.05) is 12.2 Å². The lowest BCUT2D eigenvalue weighted by molar-refractivity contribution is -0.138. The average molecular weight is 281 g/mol. The third kappa shape index (κ3) is 2.55. The molecule has 0 bridgehead atoms. The highest BCUT2D eigenvalue weighted by molar-refractivity contribution is 5.75. The van der Waals surface area contributed by atoms with Crippen LogP contribution in [0.2, 0.25) is 0 Å². The van der Waals surface area contributed by atoms with Crippen molar-refractivity contribution in [2.45, 2.75) is 38.1 Å². The third-order valence-corrected chi connectivity index (χ3v) is 4.00. The third-order valence-electron chi connectivity index (χ3n) is 4.00. The molecule has 110 valence electrons. The van der Waals surface area contributed by atoms with E-state index in [1.165, 1.54) is 6.07 Å². The molecule has 5 heteroatoms. The first kappa shape index (κ1) is 14.9. The summed E-state index contributed by atoms with van der Waals surface area (Å²) in [6.45, 7) is 4.27. The normalized spacial score (nSPS) is 23.8. The van der Waals surface area contributed by atoms with Crippen LogP contribution >= 0.6 is 0 Å². The summed E-state index contributed by atoms with van der Waals surface area (Å²) in [5, 5.41) is 9.05. The maximum Gasteiger partial charge on any atom is 0.310 e. The van der Waals surface area contributed by atoms with Crippen LogP contribution in [0.5, 0.6) is 0 Å². The standard InChI is InChI=1S/C15H20FNO3/c1-3-10-6-11(9(2)14(18)19)7-12(16)13(10)15(17)4-5-20-8-15/h6-7,9H,3-5,8,17H2,1-2H3,(H,18,19). The van der Waals surface area contributed by atoms with E-state index in [-0.39, 0.29) is 0 Å². The molecule has 0 aromatic heterocycles. The predicted molar refractivity (Wildman–Crippen MR) is 73.1 cm³/mol. The van der Waals surface area contributed by atoms with Crippen LogP contribution < -0.4 is 5.73 Å². The number of nitrogens with two attached hydrogens (primary N) is 1. The molecule has 0 aliphatic carbocycles. The fourth-order valence-electron chi connectivity index (χ4n) is 2.69. The van der Waals surface area contributed by atoms with Gasteiger partial charge in [-0.2, -0.15) is 0 Å². The Balaban J connectivity index is 2.51. The Hall–Kier alpha value is -1.46. The molecule has 1 aromatic carbocycles. The molecule has 0 spiro atoms. The second kappa shape index (κ2) is 5.50. The van der Waals surface area contributed by atoms with Crippen LogP contribution in [0, 0.1) is 5.82 Å². The van der Waals surface area contributed by atoms with Crippen LogP contribution in [0.1, 0.15) is 42.9 Å². The SMILES string of the molecule is CCc1cc(C(C)C(=O)O)cc(F)c1C1(N)CCOC1. The van der Waals surface area contributed by atoms with Crippen LogP contribution in [-0.4, -0.2) is 24.3 Å². The zero-order valence-electron chi connectivity index (χ0n) is 11.8. The predicted octanol–water partition coefficient (Wildman–Crippen LogP) is 2.15. The number of aliphatic carboxylic acids is 1. The number of carboxylic acid groups (broad SMARTS) is 1. The molecule has 1 aromatic rings. The molecule has 1 heterocycles. The van der Waals surface area contributed by atoms with E-state index in [1.807, 2.05) is 6.92 Å². The molecule has 0 radical (unpaired) electrons. The summed E-state index contributed by atoms with van der Waals surface area (Å²) < 4.78 is 19.8. The van der Waals surface area contributed by atoms with Crippen molar-refractivity contribution < 1.29 is 19.0 Å². The lowest BCUT2D eigenvalue weighted by Gasteiger charge is -2.27. The molecule has 1 aliphatic heterocycles. The molecule has 1 fully saturated rings. The summed E-state index contributed by atoms with van der Waals surface area (Å²) in [5.41, 5.74) is 7.16. The summed E-state index contributed by atoms with van der Waals surface area (Å²) in [6.07, 6.45) is 1.18. The number of rotatable bonds is 4. The van der Waals surface area contributed by atoms with Gasteiger partial charge in [-0.05, 0) is 37.0 Å². The minimum absolute atomic E-state index is 0.296. The van der Waals surface area contributed by atoms with Crippen molar-refractivity contribution >= 4 is 5.97 Å². The number of carbonyl (C=O) groups is 1. The minimum atomic E-state index is -0.967. The fourth-order valence-corrected chi connectivity index (χ4v) is 2.69. The first-order chi connectivity index (χ1) is 9.39. The van der Waals surface area contributed by atoms with Gasteiger partial charge in [-0.1, -0.05) is 13.0 Å². The van der Waals surface area contributed by atoms with E-state index in [0.29, 0.717) is 37.2 Å². The Labute approximate surface area is 117 Å². The van der Waals surface area contributed by atoms with E-state index in [2.05, 4.69) is 0 Å². The van der Waals surface area contributed by atoms with Gasteiger partial charge in [0.1, 0.15) is 5.82 Å². The number of ether oxygens (including phenoxy) is 1. The van der Waals surface area contributed by atoms with Crippen molar-refractivity contribution in [2.24, 2.45) is 5.73 Å². The topological polar surface area (TPSA) is 72.5 Å². The van der Waals surface area contributed by atoms with E-state index < -0.39 is 23.2 Å². The zero-order valence-corrected chi connectivity index (χ0v) is 11.8. The van der Waals surface area contributed by atoms with Crippen LogP contribution in [-0.2, 0) is 21.5 Å². The highest BCUT2D eigenvalue weighted by atomic mass is 19.1. The first-order valence-electron chi connectivity index (χ1n) is 6.81. The lowest BCUT2D eigenvalue weighted by Crippen LogP contribution is -2.39. The zero-order chi connectivity index (χ0) is 14.9. The molecule has 2 atom stereocenters. The van der Waals surface area contributed by atoms with Crippen LogP contribution in [0.4, 0.5) is 4.39 Å². The van der Waals surface area contributed by atoms with Crippen molar-refractivity contribution in [3.05, 3.63) is 34.6 Å². The van der Waals surface area contributed by atoms with Gasteiger partial charge in [0.15, 0.2) is 0 Å². The molecule has 1 saturated heterocycles. The van der Waals surface area contributed by atoms with Crippen molar-refractivity contribution in [3.63, 3.8) is 0 Å². The molecule has 2 rings (SSSR count). The van der Waals surface area contributed by atoms with Crippen LogP contribution in [0.3, 0.4) is 0 Å². The van der Waals surface area contributed by atoms with Crippen LogP contribution in [0.15, 0.2) is 12.1 Å². The second-order valence-corrected chi connectivity index (χ2v) is 5.41. The summed E-state index contributed by atoms with van der Waals surface area (Å²) in [7, 11) is 0. The number of hydrogen-bond donors (Lipinski definition) is 2. The smallest absolute Gasteiger partial charge is 0.310 e. The quantitative estimate of drug-likeness (QED) is 0.887. The number of aryl methyl sites for hydroxylation is 1. The highest BCUT2D eigenvalue weighted by Crippen LogP contribution is 2.34. The summed E-state index contributed by atoms with van der Waals surface area (Å²) in [4.78, 5) is 11.0. The van der Waals surface area contributed by atoms with Gasteiger partial charge in [-0.3, -0.25) is 4.79 Å². The van der Waals surface area contributed by atoms with Gasteiger partial charge in [-0.25, -0.2) is 4.39 Å². The molecule has 0 amide bonds. The Bertz CT molecular complexity index is 524. The molecule has 2 unspecified atom stereocenters. The van der Waals surface area contributed by atoms with Crippen molar-refractivity contribution in [1.29, 1.82) is 0 Å². The van der Waals surface area contributed by atoms with E-state index in [0.717, 1.165) is 5.56 Å². The monoisotopic (exact) mass is 281 g/mol. The summed E-state index contributed by atoms with van der Waals surface area (Å²) in [6, 6.07) is 3.05.